The SMILES string of the molecule is CCC(C)CN(c1ccc(CC(N)=O)cc1)c1ccc(SC(F)F)cc1. The van der Waals surface area contributed by atoms with Gasteiger partial charge in [-0.15, -0.1) is 0 Å². The van der Waals surface area contributed by atoms with Gasteiger partial charge >= 0.3 is 0 Å². The summed E-state index contributed by atoms with van der Waals surface area (Å²) in [7, 11) is 0. The van der Waals surface area contributed by atoms with E-state index in [0.29, 0.717) is 22.6 Å². The molecule has 140 valence electrons. The Morgan fingerprint density at radius 3 is 2.08 bits per heavy atom. The first-order valence-electron chi connectivity index (χ1n) is 8.58. The first-order valence-corrected chi connectivity index (χ1v) is 9.46. The lowest BCUT2D eigenvalue weighted by Crippen LogP contribution is -2.23. The molecule has 6 heteroatoms. The Bertz CT molecular complexity index is 705. The van der Waals surface area contributed by atoms with Crippen molar-refractivity contribution < 1.29 is 13.6 Å². The largest absolute Gasteiger partial charge is 0.369 e. The third kappa shape index (κ3) is 6.02. The molecule has 0 bridgehead atoms. The van der Waals surface area contributed by atoms with Gasteiger partial charge in [0.05, 0.1) is 6.42 Å². The van der Waals surface area contributed by atoms with Gasteiger partial charge in [-0.25, -0.2) is 0 Å². The molecule has 2 aromatic rings. The second-order valence-electron chi connectivity index (χ2n) is 6.31. The van der Waals surface area contributed by atoms with Crippen molar-refractivity contribution in [1.82, 2.24) is 0 Å². The summed E-state index contributed by atoms with van der Waals surface area (Å²) < 4.78 is 25.0. The number of anilines is 2. The van der Waals surface area contributed by atoms with Gasteiger partial charge in [0.15, 0.2) is 0 Å². The maximum absolute atomic E-state index is 12.5. The molecule has 0 heterocycles. The molecule has 0 aromatic heterocycles. The van der Waals surface area contributed by atoms with Gasteiger partial charge in [0.25, 0.3) is 5.76 Å². The summed E-state index contributed by atoms with van der Waals surface area (Å²) in [6, 6.07) is 14.9. The van der Waals surface area contributed by atoms with E-state index in [4.69, 9.17) is 5.73 Å². The van der Waals surface area contributed by atoms with Crippen molar-refractivity contribution in [1.29, 1.82) is 0 Å². The summed E-state index contributed by atoms with van der Waals surface area (Å²) >= 11 is 0.545. The van der Waals surface area contributed by atoms with Gasteiger partial charge in [-0.1, -0.05) is 44.2 Å². The number of nitrogens with zero attached hydrogens (tertiary/aromatic N) is 1. The second kappa shape index (κ2) is 9.57. The Kier molecular flexibility index (Phi) is 7.45. The standard InChI is InChI=1S/C20H24F2N2OS/c1-3-14(2)13-24(16-6-4-15(5-7-16)12-19(23)25)17-8-10-18(11-9-17)26-20(21)22/h4-11,14,20H,3,12-13H2,1-2H3,(H2,23,25). The highest BCUT2D eigenvalue weighted by molar-refractivity contribution is 7.99. The predicted octanol–water partition coefficient (Wildman–Crippen LogP) is 5.21. The summed E-state index contributed by atoms with van der Waals surface area (Å²) in [5, 5.41) is 0. The van der Waals surface area contributed by atoms with Crippen LogP contribution < -0.4 is 10.6 Å². The van der Waals surface area contributed by atoms with Crippen molar-refractivity contribution >= 4 is 29.0 Å². The average molecular weight is 378 g/mol. The van der Waals surface area contributed by atoms with Gasteiger partial charge in [0.1, 0.15) is 0 Å². The highest BCUT2D eigenvalue weighted by atomic mass is 32.2. The van der Waals surface area contributed by atoms with Crippen molar-refractivity contribution in [3.05, 3.63) is 54.1 Å². The van der Waals surface area contributed by atoms with Crippen LogP contribution in [0, 0.1) is 5.92 Å². The van der Waals surface area contributed by atoms with Crippen molar-refractivity contribution in [2.45, 2.75) is 37.3 Å². The average Bonchev–Trinajstić information content (AvgIpc) is 2.60. The molecular formula is C20H24F2N2OS. The molecule has 0 aliphatic carbocycles. The van der Waals surface area contributed by atoms with E-state index in [0.717, 1.165) is 29.9 Å². The molecule has 2 aromatic carbocycles. The first-order chi connectivity index (χ1) is 12.4. The predicted molar refractivity (Wildman–Crippen MR) is 104 cm³/mol. The van der Waals surface area contributed by atoms with Crippen molar-refractivity contribution in [2.75, 3.05) is 11.4 Å². The summed E-state index contributed by atoms with van der Waals surface area (Å²) in [6.45, 7) is 5.13. The maximum Gasteiger partial charge on any atom is 0.288 e. The molecule has 1 atom stereocenters. The third-order valence-corrected chi connectivity index (χ3v) is 4.91. The number of halogens is 2. The van der Waals surface area contributed by atoms with Crippen LogP contribution in [0.3, 0.4) is 0 Å². The van der Waals surface area contributed by atoms with Gasteiger partial charge < -0.3 is 10.6 Å². The van der Waals surface area contributed by atoms with E-state index in [1.54, 1.807) is 12.1 Å². The number of carbonyl (C=O) groups is 1. The number of hydrogen-bond donors (Lipinski definition) is 1. The molecule has 0 spiro atoms. The molecule has 26 heavy (non-hydrogen) atoms. The lowest BCUT2D eigenvalue weighted by atomic mass is 10.1. The van der Waals surface area contributed by atoms with Gasteiger partial charge in [-0.2, -0.15) is 8.78 Å². The molecular weight excluding hydrogens is 354 g/mol. The van der Waals surface area contributed by atoms with Crippen LogP contribution in [0.15, 0.2) is 53.4 Å². The molecule has 0 radical (unpaired) electrons. The van der Waals surface area contributed by atoms with Gasteiger partial charge in [0, 0.05) is 22.8 Å². The van der Waals surface area contributed by atoms with Crippen LogP contribution in [-0.2, 0) is 11.2 Å². The third-order valence-electron chi connectivity index (χ3n) is 4.19. The second-order valence-corrected chi connectivity index (χ2v) is 7.37. The van der Waals surface area contributed by atoms with Crippen molar-refractivity contribution in [2.24, 2.45) is 11.7 Å². The molecule has 0 saturated heterocycles. The van der Waals surface area contributed by atoms with Gasteiger partial charge in [0.2, 0.25) is 5.91 Å². The Labute approximate surface area is 157 Å². The zero-order valence-corrected chi connectivity index (χ0v) is 15.8. The minimum Gasteiger partial charge on any atom is -0.369 e. The topological polar surface area (TPSA) is 46.3 Å². The smallest absolute Gasteiger partial charge is 0.288 e. The quantitative estimate of drug-likeness (QED) is 0.609. The van der Waals surface area contributed by atoms with Gasteiger partial charge in [-0.05, 0) is 47.9 Å². The molecule has 3 nitrogen and oxygen atoms in total. The number of rotatable bonds is 9. The fraction of sp³-hybridized carbons (Fsp3) is 0.350. The van der Waals surface area contributed by atoms with E-state index in [1.165, 1.54) is 0 Å². The molecule has 2 rings (SSSR count). The zero-order chi connectivity index (χ0) is 19.1. The number of thioether (sulfide) groups is 1. The van der Waals surface area contributed by atoms with E-state index >= 15 is 0 Å². The van der Waals surface area contributed by atoms with Crippen LogP contribution >= 0.6 is 11.8 Å². The molecule has 0 aliphatic rings. The fourth-order valence-corrected chi connectivity index (χ4v) is 3.10. The number of benzene rings is 2. The molecule has 0 fully saturated rings. The normalized spacial score (nSPS) is 12.2. The lowest BCUT2D eigenvalue weighted by Gasteiger charge is -2.28. The lowest BCUT2D eigenvalue weighted by molar-refractivity contribution is -0.117. The summed E-state index contributed by atoms with van der Waals surface area (Å²) in [5.74, 6) is -2.31. The van der Waals surface area contributed by atoms with E-state index in [1.807, 2.05) is 36.4 Å². The highest BCUT2D eigenvalue weighted by Crippen LogP contribution is 2.31. The number of amides is 1. The highest BCUT2D eigenvalue weighted by Gasteiger charge is 2.14. The molecule has 0 aliphatic heterocycles. The summed E-state index contributed by atoms with van der Waals surface area (Å²) in [6.07, 6.45) is 1.25. The molecule has 0 saturated carbocycles. The fourth-order valence-electron chi connectivity index (χ4n) is 2.60. The Morgan fingerprint density at radius 2 is 1.62 bits per heavy atom. The van der Waals surface area contributed by atoms with Crippen LogP contribution in [-0.4, -0.2) is 18.2 Å². The van der Waals surface area contributed by atoms with E-state index in [-0.39, 0.29) is 12.3 Å². The van der Waals surface area contributed by atoms with E-state index in [2.05, 4.69) is 18.7 Å². The monoisotopic (exact) mass is 378 g/mol. The van der Waals surface area contributed by atoms with Crippen LogP contribution in [0.4, 0.5) is 20.2 Å². The Morgan fingerprint density at radius 1 is 1.08 bits per heavy atom. The van der Waals surface area contributed by atoms with Crippen molar-refractivity contribution in [3.63, 3.8) is 0 Å². The molecule has 1 amide bonds. The number of nitrogens with two attached hydrogens (primary N) is 1. The molecule has 1 unspecified atom stereocenters. The Balaban J connectivity index is 2.26. The summed E-state index contributed by atoms with van der Waals surface area (Å²) in [4.78, 5) is 13.8. The van der Waals surface area contributed by atoms with E-state index < -0.39 is 5.76 Å². The molecule has 2 N–H and O–H groups in total. The number of carbonyl (C=O) groups excluding carboxylic acids is 1. The van der Waals surface area contributed by atoms with E-state index in [9.17, 15) is 13.6 Å². The summed E-state index contributed by atoms with van der Waals surface area (Å²) in [5.41, 5.74) is 8.05. The minimum absolute atomic E-state index is 0.213. The first kappa shape index (κ1) is 20.2. The maximum atomic E-state index is 12.5. The van der Waals surface area contributed by atoms with Gasteiger partial charge in [-0.3, -0.25) is 4.79 Å². The van der Waals surface area contributed by atoms with Crippen LogP contribution in [0.1, 0.15) is 25.8 Å². The number of alkyl halides is 2. The zero-order valence-electron chi connectivity index (χ0n) is 15.0. The van der Waals surface area contributed by atoms with Crippen LogP contribution in [0.25, 0.3) is 0 Å². The Hall–Kier alpha value is -2.08. The number of primary amides is 1. The van der Waals surface area contributed by atoms with Crippen LogP contribution in [0.5, 0.6) is 0 Å². The van der Waals surface area contributed by atoms with Crippen molar-refractivity contribution in [3.8, 4) is 0 Å². The number of hydrogen-bond acceptors (Lipinski definition) is 3. The minimum atomic E-state index is -2.42. The van der Waals surface area contributed by atoms with Crippen LogP contribution in [0.2, 0.25) is 0 Å².